The molecule has 0 unspecified atom stereocenters. The van der Waals surface area contributed by atoms with E-state index in [-0.39, 0.29) is 24.2 Å². The number of nitrogens with one attached hydrogen (secondary N) is 1. The summed E-state index contributed by atoms with van der Waals surface area (Å²) in [5.41, 5.74) is -0.746. The van der Waals surface area contributed by atoms with Crippen molar-refractivity contribution in [2.75, 3.05) is 38.7 Å². The number of rotatable bonds is 4. The Labute approximate surface area is 144 Å². The van der Waals surface area contributed by atoms with Gasteiger partial charge in [0.2, 0.25) is 5.91 Å². The summed E-state index contributed by atoms with van der Waals surface area (Å²) in [7, 11) is 1.64. The number of ether oxygens (including phenoxy) is 2. The monoisotopic (exact) mass is 358 g/mol. The number of nitrogens with zero attached hydrogens (tertiary/aromatic N) is 1. The molecule has 1 amide bonds. The van der Waals surface area contributed by atoms with E-state index in [1.165, 1.54) is 12.1 Å². The molecule has 1 aromatic carbocycles. The lowest BCUT2D eigenvalue weighted by molar-refractivity contribution is -0.137. The first-order valence-corrected chi connectivity index (χ1v) is 8.19. The van der Waals surface area contributed by atoms with Crippen LogP contribution in [0.1, 0.15) is 18.4 Å². The number of hydrogen-bond acceptors (Lipinski definition) is 4. The summed E-state index contributed by atoms with van der Waals surface area (Å²) in [5, 5.41) is 2.63. The summed E-state index contributed by atoms with van der Waals surface area (Å²) < 4.78 is 49.0. The second-order valence-corrected chi connectivity index (χ2v) is 6.53. The lowest BCUT2D eigenvalue weighted by Gasteiger charge is -2.28. The molecule has 8 heteroatoms. The average molecular weight is 358 g/mol. The summed E-state index contributed by atoms with van der Waals surface area (Å²) in [6.07, 6.45) is -2.58. The fourth-order valence-corrected chi connectivity index (χ4v) is 3.60. The minimum absolute atomic E-state index is 0.0751. The number of likely N-dealkylation sites (tertiary alicyclic amines) is 1. The molecule has 0 aliphatic carbocycles. The molecule has 2 aliphatic heterocycles. The Bertz CT molecular complexity index is 613. The lowest BCUT2D eigenvalue weighted by atomic mass is 9.97. The predicted molar refractivity (Wildman–Crippen MR) is 85.2 cm³/mol. The SMILES string of the molecule is CO[C@@H]1CN(CC(=O)Nc2ccc(C(F)(F)F)cc2)C[C@]12CCCO2. The molecule has 2 fully saturated rings. The molecule has 5 nitrogen and oxygen atoms in total. The second kappa shape index (κ2) is 6.93. The quantitative estimate of drug-likeness (QED) is 0.899. The van der Waals surface area contributed by atoms with E-state index in [9.17, 15) is 18.0 Å². The van der Waals surface area contributed by atoms with Crippen LogP contribution in [0, 0.1) is 0 Å². The van der Waals surface area contributed by atoms with Crippen molar-refractivity contribution in [3.05, 3.63) is 29.8 Å². The average Bonchev–Trinajstić information content (AvgIpc) is 3.14. The van der Waals surface area contributed by atoms with Gasteiger partial charge in [-0.3, -0.25) is 9.69 Å². The fraction of sp³-hybridized carbons (Fsp3) is 0.588. The van der Waals surface area contributed by atoms with E-state index in [0.29, 0.717) is 25.4 Å². The molecule has 0 aromatic heterocycles. The molecule has 0 bridgehead atoms. The van der Waals surface area contributed by atoms with Gasteiger partial charge in [-0.05, 0) is 37.1 Å². The molecule has 138 valence electrons. The van der Waals surface area contributed by atoms with Gasteiger partial charge in [0, 0.05) is 32.5 Å². The maximum absolute atomic E-state index is 12.6. The normalized spacial score (nSPS) is 27.1. The number of benzene rings is 1. The van der Waals surface area contributed by atoms with E-state index in [0.717, 1.165) is 25.0 Å². The van der Waals surface area contributed by atoms with Crippen molar-refractivity contribution in [1.29, 1.82) is 0 Å². The largest absolute Gasteiger partial charge is 0.416 e. The first-order chi connectivity index (χ1) is 11.8. The zero-order valence-electron chi connectivity index (χ0n) is 13.9. The highest BCUT2D eigenvalue weighted by Gasteiger charge is 2.50. The third-order valence-electron chi connectivity index (χ3n) is 4.78. The van der Waals surface area contributed by atoms with Crippen LogP contribution in [0.15, 0.2) is 24.3 Å². The smallest absolute Gasteiger partial charge is 0.377 e. The molecular formula is C17H21F3N2O3. The second-order valence-electron chi connectivity index (χ2n) is 6.53. The van der Waals surface area contributed by atoms with E-state index in [1.807, 2.05) is 4.90 Å². The van der Waals surface area contributed by atoms with Crippen LogP contribution in [0.5, 0.6) is 0 Å². The van der Waals surface area contributed by atoms with E-state index in [1.54, 1.807) is 7.11 Å². The molecule has 2 aliphatic rings. The Hall–Kier alpha value is -1.64. The van der Waals surface area contributed by atoms with Crippen LogP contribution in [0.3, 0.4) is 0 Å². The molecule has 1 N–H and O–H groups in total. The Morgan fingerprint density at radius 1 is 1.40 bits per heavy atom. The Kier molecular flexibility index (Phi) is 5.04. The van der Waals surface area contributed by atoms with Gasteiger partial charge in [-0.25, -0.2) is 0 Å². The molecule has 2 heterocycles. The third kappa shape index (κ3) is 3.96. The minimum Gasteiger partial charge on any atom is -0.377 e. The van der Waals surface area contributed by atoms with Crippen LogP contribution >= 0.6 is 0 Å². The molecule has 2 atom stereocenters. The van der Waals surface area contributed by atoms with Gasteiger partial charge in [0.15, 0.2) is 0 Å². The summed E-state index contributed by atoms with van der Waals surface area (Å²) in [6.45, 7) is 2.06. The number of halogens is 3. The zero-order chi connectivity index (χ0) is 18.1. The summed E-state index contributed by atoms with van der Waals surface area (Å²) >= 11 is 0. The predicted octanol–water partition coefficient (Wildman–Crippen LogP) is 2.52. The maximum atomic E-state index is 12.6. The molecule has 3 rings (SSSR count). The first kappa shape index (κ1) is 18.2. The van der Waals surface area contributed by atoms with Gasteiger partial charge in [0.05, 0.1) is 18.2 Å². The van der Waals surface area contributed by atoms with Crippen LogP contribution in [0.25, 0.3) is 0 Å². The van der Waals surface area contributed by atoms with Gasteiger partial charge in [-0.15, -0.1) is 0 Å². The number of amides is 1. The van der Waals surface area contributed by atoms with E-state index in [2.05, 4.69) is 5.32 Å². The summed E-state index contributed by atoms with van der Waals surface area (Å²) in [5.74, 6) is -0.273. The van der Waals surface area contributed by atoms with E-state index in [4.69, 9.17) is 9.47 Å². The first-order valence-electron chi connectivity index (χ1n) is 8.19. The van der Waals surface area contributed by atoms with Crippen molar-refractivity contribution in [2.24, 2.45) is 0 Å². The molecule has 0 saturated carbocycles. The molecular weight excluding hydrogens is 337 g/mol. The van der Waals surface area contributed by atoms with Crippen molar-refractivity contribution in [3.8, 4) is 0 Å². The minimum atomic E-state index is -4.39. The number of carbonyl (C=O) groups is 1. The summed E-state index contributed by atoms with van der Waals surface area (Å²) in [6, 6.07) is 4.41. The molecule has 2 saturated heterocycles. The number of carbonyl (C=O) groups excluding carboxylic acids is 1. The van der Waals surface area contributed by atoms with Crippen molar-refractivity contribution in [1.82, 2.24) is 4.90 Å². The third-order valence-corrected chi connectivity index (χ3v) is 4.78. The zero-order valence-corrected chi connectivity index (χ0v) is 13.9. The van der Waals surface area contributed by atoms with Crippen molar-refractivity contribution < 1.29 is 27.4 Å². The van der Waals surface area contributed by atoms with E-state index < -0.39 is 11.7 Å². The molecule has 25 heavy (non-hydrogen) atoms. The highest BCUT2D eigenvalue weighted by molar-refractivity contribution is 5.92. The van der Waals surface area contributed by atoms with Gasteiger partial charge >= 0.3 is 6.18 Å². The molecule has 1 aromatic rings. The van der Waals surface area contributed by atoms with Gasteiger partial charge in [0.25, 0.3) is 0 Å². The van der Waals surface area contributed by atoms with Crippen molar-refractivity contribution in [3.63, 3.8) is 0 Å². The van der Waals surface area contributed by atoms with Crippen LogP contribution in [-0.4, -0.2) is 55.9 Å². The van der Waals surface area contributed by atoms with Crippen molar-refractivity contribution >= 4 is 11.6 Å². The number of methoxy groups -OCH3 is 1. The van der Waals surface area contributed by atoms with Crippen LogP contribution in [-0.2, 0) is 20.4 Å². The number of hydrogen-bond donors (Lipinski definition) is 1. The standard InChI is InChI=1S/C17H21F3N2O3/c1-24-14-9-22(11-16(14)7-2-8-25-16)10-15(23)21-13-5-3-12(4-6-13)17(18,19)20/h3-6,14H,2,7-11H2,1H3,(H,21,23)/t14-,16-/m1/s1. The lowest BCUT2D eigenvalue weighted by Crippen LogP contribution is -2.42. The number of alkyl halides is 3. The fourth-order valence-electron chi connectivity index (χ4n) is 3.60. The highest BCUT2D eigenvalue weighted by atomic mass is 19.4. The topological polar surface area (TPSA) is 50.8 Å². The van der Waals surface area contributed by atoms with Crippen molar-refractivity contribution in [2.45, 2.75) is 30.7 Å². The van der Waals surface area contributed by atoms with Crippen LogP contribution in [0.4, 0.5) is 18.9 Å². The number of anilines is 1. The van der Waals surface area contributed by atoms with Gasteiger partial charge in [-0.1, -0.05) is 0 Å². The van der Waals surface area contributed by atoms with Gasteiger partial charge in [-0.2, -0.15) is 13.2 Å². The maximum Gasteiger partial charge on any atom is 0.416 e. The molecule has 1 spiro atoms. The van der Waals surface area contributed by atoms with E-state index >= 15 is 0 Å². The Morgan fingerprint density at radius 2 is 2.12 bits per heavy atom. The highest BCUT2D eigenvalue weighted by Crippen LogP contribution is 2.36. The molecule has 0 radical (unpaired) electrons. The van der Waals surface area contributed by atoms with Crippen LogP contribution < -0.4 is 5.32 Å². The Balaban J connectivity index is 1.56. The van der Waals surface area contributed by atoms with Gasteiger partial charge < -0.3 is 14.8 Å². The Morgan fingerprint density at radius 3 is 2.68 bits per heavy atom. The summed E-state index contributed by atoms with van der Waals surface area (Å²) in [4.78, 5) is 14.1. The van der Waals surface area contributed by atoms with Gasteiger partial charge in [0.1, 0.15) is 5.60 Å². The van der Waals surface area contributed by atoms with Crippen LogP contribution in [0.2, 0.25) is 0 Å².